The molecule has 0 saturated heterocycles. The lowest BCUT2D eigenvalue weighted by Gasteiger charge is -2.11. The Morgan fingerprint density at radius 1 is 1.00 bits per heavy atom. The minimum absolute atomic E-state index is 1.06. The third kappa shape index (κ3) is 4.25. The molecule has 0 N–H and O–H groups in total. The molecule has 0 bridgehead atoms. The molecule has 0 atom stereocenters. The number of rotatable bonds is 5. The molecule has 2 heteroatoms. The van der Waals surface area contributed by atoms with E-state index in [2.05, 4.69) is 72.5 Å². The molecule has 19 heavy (non-hydrogen) atoms. The molecule has 2 nitrogen and oxygen atoms in total. The van der Waals surface area contributed by atoms with E-state index in [4.69, 9.17) is 0 Å². The van der Waals surface area contributed by atoms with E-state index in [-0.39, 0.29) is 0 Å². The summed E-state index contributed by atoms with van der Waals surface area (Å²) in [4.78, 5) is 6.13. The Balaban J connectivity index is 1.85. The molecule has 1 heterocycles. The van der Waals surface area contributed by atoms with Gasteiger partial charge in [0, 0.05) is 32.2 Å². The average Bonchev–Trinajstić information content (AvgIpc) is 2.45. The molecule has 1 aromatic heterocycles. The first-order valence-corrected chi connectivity index (χ1v) is 6.58. The summed E-state index contributed by atoms with van der Waals surface area (Å²) < 4.78 is 0. The van der Waals surface area contributed by atoms with Crippen molar-refractivity contribution in [3.8, 4) is 0 Å². The summed E-state index contributed by atoms with van der Waals surface area (Å²) in [6.07, 6.45) is 10.2. The van der Waals surface area contributed by atoms with Gasteiger partial charge in [-0.1, -0.05) is 24.3 Å². The number of hydrogen-bond donors (Lipinski definition) is 0. The van der Waals surface area contributed by atoms with Gasteiger partial charge in [0.2, 0.25) is 0 Å². The minimum atomic E-state index is 1.06. The first kappa shape index (κ1) is 13.3. The molecule has 0 amide bonds. The van der Waals surface area contributed by atoms with Crippen molar-refractivity contribution in [2.45, 2.75) is 12.8 Å². The van der Waals surface area contributed by atoms with Crippen molar-refractivity contribution >= 4 is 11.8 Å². The SMILES string of the molecule is CN(C)c1ccc(C=CCCc2ccncc2)cc1. The van der Waals surface area contributed by atoms with E-state index in [0.717, 1.165) is 12.8 Å². The summed E-state index contributed by atoms with van der Waals surface area (Å²) in [7, 11) is 4.11. The van der Waals surface area contributed by atoms with Crippen LogP contribution in [0.2, 0.25) is 0 Å². The van der Waals surface area contributed by atoms with Crippen LogP contribution >= 0.6 is 0 Å². The standard InChI is InChI=1S/C17H20N2/c1-19(2)17-9-7-15(8-10-17)5-3-4-6-16-11-13-18-14-12-16/h3,5,7-14H,4,6H2,1-2H3. The third-order valence-electron chi connectivity index (χ3n) is 3.07. The minimum Gasteiger partial charge on any atom is -0.378 e. The lowest BCUT2D eigenvalue weighted by molar-refractivity contribution is 0.998. The summed E-state index contributed by atoms with van der Waals surface area (Å²) in [6, 6.07) is 12.7. The van der Waals surface area contributed by atoms with E-state index in [1.54, 1.807) is 0 Å². The maximum absolute atomic E-state index is 4.02. The fourth-order valence-electron chi connectivity index (χ4n) is 1.90. The molecule has 0 fully saturated rings. The molecular weight excluding hydrogens is 232 g/mol. The van der Waals surface area contributed by atoms with Gasteiger partial charge in [-0.05, 0) is 48.2 Å². The van der Waals surface area contributed by atoms with Gasteiger partial charge >= 0.3 is 0 Å². The maximum Gasteiger partial charge on any atom is 0.0361 e. The molecule has 2 aromatic rings. The number of allylic oxidation sites excluding steroid dienone is 1. The van der Waals surface area contributed by atoms with Crippen LogP contribution in [0.25, 0.3) is 6.08 Å². The van der Waals surface area contributed by atoms with Crippen LogP contribution < -0.4 is 4.90 Å². The second-order valence-electron chi connectivity index (χ2n) is 4.78. The van der Waals surface area contributed by atoms with Crippen LogP contribution in [0.4, 0.5) is 5.69 Å². The zero-order valence-electron chi connectivity index (χ0n) is 11.6. The summed E-state index contributed by atoms with van der Waals surface area (Å²) >= 11 is 0. The van der Waals surface area contributed by atoms with E-state index in [1.807, 2.05) is 12.4 Å². The summed E-state index contributed by atoms with van der Waals surface area (Å²) in [5.74, 6) is 0. The molecule has 0 spiro atoms. The number of anilines is 1. The second kappa shape index (κ2) is 6.74. The predicted molar refractivity (Wildman–Crippen MR) is 82.4 cm³/mol. The van der Waals surface area contributed by atoms with Crippen LogP contribution in [0.1, 0.15) is 17.5 Å². The molecule has 0 aliphatic rings. The molecule has 2 rings (SSSR count). The summed E-state index contributed by atoms with van der Waals surface area (Å²) in [5.41, 5.74) is 3.82. The van der Waals surface area contributed by atoms with Crippen LogP contribution in [0, 0.1) is 0 Å². The highest BCUT2D eigenvalue weighted by molar-refractivity contribution is 5.55. The van der Waals surface area contributed by atoms with Crippen LogP contribution in [0.15, 0.2) is 54.9 Å². The van der Waals surface area contributed by atoms with Gasteiger partial charge in [0.15, 0.2) is 0 Å². The largest absolute Gasteiger partial charge is 0.378 e. The van der Waals surface area contributed by atoms with Gasteiger partial charge in [-0.25, -0.2) is 0 Å². The highest BCUT2D eigenvalue weighted by Gasteiger charge is 1.93. The molecule has 0 radical (unpaired) electrons. The Kier molecular flexibility index (Phi) is 4.73. The van der Waals surface area contributed by atoms with Crippen LogP contribution in [-0.2, 0) is 6.42 Å². The molecule has 0 aliphatic heterocycles. The van der Waals surface area contributed by atoms with Gasteiger partial charge in [0.05, 0.1) is 0 Å². The van der Waals surface area contributed by atoms with Gasteiger partial charge in [-0.15, -0.1) is 0 Å². The van der Waals surface area contributed by atoms with Crippen molar-refractivity contribution in [2.75, 3.05) is 19.0 Å². The van der Waals surface area contributed by atoms with E-state index in [9.17, 15) is 0 Å². The van der Waals surface area contributed by atoms with E-state index in [0.29, 0.717) is 0 Å². The lowest BCUT2D eigenvalue weighted by Crippen LogP contribution is -2.07. The van der Waals surface area contributed by atoms with Gasteiger partial charge in [-0.2, -0.15) is 0 Å². The van der Waals surface area contributed by atoms with Gasteiger partial charge in [0.25, 0.3) is 0 Å². The molecule has 0 aliphatic carbocycles. The number of nitrogens with zero attached hydrogens (tertiary/aromatic N) is 2. The predicted octanol–water partition coefficient (Wildman–Crippen LogP) is 3.79. The first-order chi connectivity index (χ1) is 9.25. The van der Waals surface area contributed by atoms with Crippen LogP contribution in [-0.4, -0.2) is 19.1 Å². The Bertz CT molecular complexity index is 513. The van der Waals surface area contributed by atoms with Gasteiger partial charge in [0.1, 0.15) is 0 Å². The molecule has 0 unspecified atom stereocenters. The Morgan fingerprint density at radius 2 is 1.68 bits per heavy atom. The normalized spacial score (nSPS) is 10.8. The smallest absolute Gasteiger partial charge is 0.0361 e. The Hall–Kier alpha value is -2.09. The van der Waals surface area contributed by atoms with Crippen molar-refractivity contribution in [1.29, 1.82) is 0 Å². The molecular formula is C17H20N2. The van der Waals surface area contributed by atoms with Crippen LogP contribution in [0.3, 0.4) is 0 Å². The fourth-order valence-corrected chi connectivity index (χ4v) is 1.90. The zero-order chi connectivity index (χ0) is 13.5. The van der Waals surface area contributed by atoms with Crippen molar-refractivity contribution in [2.24, 2.45) is 0 Å². The number of aromatic nitrogens is 1. The van der Waals surface area contributed by atoms with Crippen molar-refractivity contribution in [3.63, 3.8) is 0 Å². The van der Waals surface area contributed by atoms with Crippen molar-refractivity contribution in [1.82, 2.24) is 4.98 Å². The van der Waals surface area contributed by atoms with Gasteiger partial charge in [-0.3, -0.25) is 4.98 Å². The van der Waals surface area contributed by atoms with E-state index in [1.165, 1.54) is 16.8 Å². The van der Waals surface area contributed by atoms with Crippen molar-refractivity contribution < 1.29 is 0 Å². The third-order valence-corrected chi connectivity index (χ3v) is 3.07. The van der Waals surface area contributed by atoms with Gasteiger partial charge < -0.3 is 4.90 Å². The van der Waals surface area contributed by atoms with Crippen molar-refractivity contribution in [3.05, 3.63) is 66.0 Å². The number of hydrogen-bond acceptors (Lipinski definition) is 2. The number of benzene rings is 1. The molecule has 0 saturated carbocycles. The van der Waals surface area contributed by atoms with Crippen LogP contribution in [0.5, 0.6) is 0 Å². The molecule has 98 valence electrons. The quantitative estimate of drug-likeness (QED) is 0.804. The Morgan fingerprint density at radius 3 is 2.32 bits per heavy atom. The Labute approximate surface area is 115 Å². The fraction of sp³-hybridized carbons (Fsp3) is 0.235. The zero-order valence-corrected chi connectivity index (χ0v) is 11.6. The molecule has 1 aromatic carbocycles. The average molecular weight is 252 g/mol. The second-order valence-corrected chi connectivity index (χ2v) is 4.78. The topological polar surface area (TPSA) is 16.1 Å². The summed E-state index contributed by atoms with van der Waals surface area (Å²) in [6.45, 7) is 0. The lowest BCUT2D eigenvalue weighted by atomic mass is 10.1. The summed E-state index contributed by atoms with van der Waals surface area (Å²) in [5, 5.41) is 0. The number of aryl methyl sites for hydroxylation is 1. The monoisotopic (exact) mass is 252 g/mol. The van der Waals surface area contributed by atoms with E-state index >= 15 is 0 Å². The maximum atomic E-state index is 4.02. The highest BCUT2D eigenvalue weighted by Crippen LogP contribution is 2.13. The highest BCUT2D eigenvalue weighted by atomic mass is 15.1. The number of pyridine rings is 1. The van der Waals surface area contributed by atoms with E-state index < -0.39 is 0 Å². The first-order valence-electron chi connectivity index (χ1n) is 6.58.